The quantitative estimate of drug-likeness (QED) is 0.525. The Kier molecular flexibility index (Phi) is 4.05. The number of nitrogens with zero attached hydrogens (tertiary/aromatic N) is 4. The van der Waals surface area contributed by atoms with Gasteiger partial charge >= 0.3 is 5.76 Å². The number of hydrogen-bond donors (Lipinski definition) is 2. The van der Waals surface area contributed by atoms with E-state index in [1.807, 2.05) is 19.1 Å². The number of aryl methyl sites for hydroxylation is 2. The fraction of sp³-hybridized carbons (Fsp3) is 0.227. The molecule has 0 aliphatic heterocycles. The van der Waals surface area contributed by atoms with Crippen molar-refractivity contribution in [1.82, 2.24) is 14.5 Å². The summed E-state index contributed by atoms with van der Waals surface area (Å²) < 4.78 is 6.76. The van der Waals surface area contributed by atoms with E-state index in [9.17, 15) is 9.59 Å². The molecular formula is C22H18N6O3. The van der Waals surface area contributed by atoms with Crippen molar-refractivity contribution in [2.75, 3.05) is 11.1 Å². The smallest absolute Gasteiger partial charge is 0.408 e. The third-order valence-electron chi connectivity index (χ3n) is 5.70. The number of nitrogens with one attached hydrogen (secondary N) is 1. The number of rotatable bonds is 3. The summed E-state index contributed by atoms with van der Waals surface area (Å²) in [4.78, 5) is 32.9. The third kappa shape index (κ3) is 3.09. The molecule has 1 aliphatic rings. The molecule has 9 nitrogen and oxygen atoms in total. The Morgan fingerprint density at radius 1 is 1.35 bits per heavy atom. The molecule has 3 aromatic heterocycles. The Morgan fingerprint density at radius 2 is 2.16 bits per heavy atom. The molecular weight excluding hydrogens is 396 g/mol. The topological polar surface area (TPSA) is 140 Å². The number of pyridine rings is 2. The van der Waals surface area contributed by atoms with Crippen molar-refractivity contribution >= 4 is 39.4 Å². The van der Waals surface area contributed by atoms with Gasteiger partial charge in [0.25, 0.3) is 0 Å². The number of amides is 1. The number of fused-ring (bicyclic) bond motifs is 2. The number of hydrogen-bond acceptors (Lipinski definition) is 7. The molecule has 31 heavy (non-hydrogen) atoms. The first kappa shape index (κ1) is 18.8. The highest BCUT2D eigenvalue weighted by Gasteiger charge is 2.43. The van der Waals surface area contributed by atoms with Gasteiger partial charge in [0.2, 0.25) is 5.91 Å². The van der Waals surface area contributed by atoms with Crippen molar-refractivity contribution < 1.29 is 9.21 Å². The molecule has 1 aromatic carbocycles. The van der Waals surface area contributed by atoms with Crippen LogP contribution in [-0.4, -0.2) is 20.4 Å². The van der Waals surface area contributed by atoms with Gasteiger partial charge in [-0.1, -0.05) is 0 Å². The van der Waals surface area contributed by atoms with Crippen molar-refractivity contribution in [2.45, 2.75) is 13.3 Å². The zero-order chi connectivity index (χ0) is 21.9. The van der Waals surface area contributed by atoms with Gasteiger partial charge in [-0.2, -0.15) is 5.26 Å². The van der Waals surface area contributed by atoms with Crippen molar-refractivity contribution in [3.63, 3.8) is 0 Å². The Hall–Kier alpha value is -4.19. The molecule has 1 saturated carbocycles. The molecule has 4 aromatic rings. The maximum absolute atomic E-state index is 12.3. The number of nitrogen functional groups attached to an aromatic ring is 1. The molecule has 2 atom stereocenters. The molecule has 0 radical (unpaired) electrons. The van der Waals surface area contributed by atoms with E-state index in [2.05, 4.69) is 21.4 Å². The molecule has 0 bridgehead atoms. The number of carbonyl (C=O) groups is 1. The predicted octanol–water partition coefficient (Wildman–Crippen LogP) is 2.73. The lowest BCUT2D eigenvalue weighted by molar-refractivity contribution is -0.117. The number of benzene rings is 1. The Balaban J connectivity index is 1.56. The fourth-order valence-corrected chi connectivity index (χ4v) is 3.78. The molecule has 154 valence electrons. The van der Waals surface area contributed by atoms with Crippen molar-refractivity contribution in [1.29, 1.82) is 5.26 Å². The number of carbonyl (C=O) groups excluding carboxylic acids is 1. The van der Waals surface area contributed by atoms with Gasteiger partial charge in [0.05, 0.1) is 29.1 Å². The standard InChI is InChI=1S/C22H18N6O3/c1-10-3-17-18(31-22(30)28(17)2)7-13(10)16-5-11-6-19(25-9-15(11)20(24)26-16)27-21(29)14-4-12(14)8-23/h3,5-7,9,12,14H,4H2,1-2H3,(H2,24,26)(H,25,27,29)/t12-,14+/m0/s1. The summed E-state index contributed by atoms with van der Waals surface area (Å²) in [6.07, 6.45) is 2.15. The van der Waals surface area contributed by atoms with E-state index in [0.717, 1.165) is 16.5 Å². The first-order valence-corrected chi connectivity index (χ1v) is 9.73. The molecule has 1 fully saturated rings. The molecule has 0 spiro atoms. The lowest BCUT2D eigenvalue weighted by Gasteiger charge is -2.10. The summed E-state index contributed by atoms with van der Waals surface area (Å²) in [5.41, 5.74) is 9.66. The maximum atomic E-state index is 12.3. The monoisotopic (exact) mass is 414 g/mol. The van der Waals surface area contributed by atoms with Gasteiger partial charge < -0.3 is 15.5 Å². The molecule has 9 heteroatoms. The zero-order valence-corrected chi connectivity index (χ0v) is 16.8. The molecule has 1 amide bonds. The van der Waals surface area contributed by atoms with E-state index in [-0.39, 0.29) is 17.7 Å². The molecule has 3 heterocycles. The maximum Gasteiger partial charge on any atom is 0.419 e. The minimum Gasteiger partial charge on any atom is -0.408 e. The van der Waals surface area contributed by atoms with Gasteiger partial charge in [0, 0.05) is 24.2 Å². The van der Waals surface area contributed by atoms with Crippen LogP contribution < -0.4 is 16.8 Å². The van der Waals surface area contributed by atoms with Gasteiger partial charge in [0.15, 0.2) is 5.58 Å². The minimum absolute atomic E-state index is 0.207. The number of anilines is 2. The van der Waals surface area contributed by atoms with Crippen LogP contribution in [0.2, 0.25) is 0 Å². The number of oxazole rings is 1. The predicted molar refractivity (Wildman–Crippen MR) is 115 cm³/mol. The first-order chi connectivity index (χ1) is 14.9. The summed E-state index contributed by atoms with van der Waals surface area (Å²) in [7, 11) is 1.66. The SMILES string of the molecule is Cc1cc2c(cc1-c1cc3cc(NC(=O)[C@@H]4C[C@H]4C#N)ncc3c(N)n1)oc(=O)n2C. The summed E-state index contributed by atoms with van der Waals surface area (Å²) in [5, 5.41) is 13.1. The largest absolute Gasteiger partial charge is 0.419 e. The minimum atomic E-state index is -0.432. The van der Waals surface area contributed by atoms with Crippen LogP contribution in [0.25, 0.3) is 33.1 Å². The number of nitrogens with two attached hydrogens (primary N) is 1. The van der Waals surface area contributed by atoms with Crippen molar-refractivity contribution in [2.24, 2.45) is 18.9 Å². The van der Waals surface area contributed by atoms with Crippen LogP contribution >= 0.6 is 0 Å². The highest BCUT2D eigenvalue weighted by molar-refractivity contribution is 5.99. The summed E-state index contributed by atoms with van der Waals surface area (Å²) in [5.74, 6) is -0.449. The second-order valence-electron chi connectivity index (χ2n) is 7.81. The lowest BCUT2D eigenvalue weighted by Crippen LogP contribution is -2.15. The van der Waals surface area contributed by atoms with Crippen molar-refractivity contribution in [3.05, 3.63) is 46.6 Å². The van der Waals surface area contributed by atoms with E-state index < -0.39 is 5.76 Å². The normalized spacial score (nSPS) is 17.6. The van der Waals surface area contributed by atoms with E-state index in [1.165, 1.54) is 4.57 Å². The summed E-state index contributed by atoms with van der Waals surface area (Å²) in [6, 6.07) is 9.34. The molecule has 5 rings (SSSR count). The van der Waals surface area contributed by atoms with E-state index in [0.29, 0.717) is 40.2 Å². The molecule has 3 N–H and O–H groups in total. The van der Waals surface area contributed by atoms with Gasteiger partial charge in [0.1, 0.15) is 11.6 Å². The average Bonchev–Trinajstić information content (AvgIpc) is 3.48. The van der Waals surface area contributed by atoms with Crippen LogP contribution in [0, 0.1) is 30.1 Å². The second kappa shape index (κ2) is 6.67. The Bertz CT molecular complexity index is 1490. The van der Waals surface area contributed by atoms with Crippen LogP contribution in [0.3, 0.4) is 0 Å². The van der Waals surface area contributed by atoms with E-state index in [1.54, 1.807) is 25.4 Å². The van der Waals surface area contributed by atoms with Gasteiger partial charge in [-0.25, -0.2) is 14.8 Å². The summed E-state index contributed by atoms with van der Waals surface area (Å²) >= 11 is 0. The highest BCUT2D eigenvalue weighted by atomic mass is 16.4. The van der Waals surface area contributed by atoms with Gasteiger partial charge in [-0.05, 0) is 48.6 Å². The lowest BCUT2D eigenvalue weighted by atomic mass is 10.0. The number of nitriles is 1. The summed E-state index contributed by atoms with van der Waals surface area (Å²) in [6.45, 7) is 1.92. The fourth-order valence-electron chi connectivity index (χ4n) is 3.78. The van der Waals surface area contributed by atoms with Crippen LogP contribution in [0.1, 0.15) is 12.0 Å². The average molecular weight is 414 g/mol. The Labute approximate surface area is 176 Å². The molecule has 1 aliphatic carbocycles. The van der Waals surface area contributed by atoms with Crippen molar-refractivity contribution in [3.8, 4) is 17.3 Å². The van der Waals surface area contributed by atoms with Gasteiger partial charge in [-0.15, -0.1) is 0 Å². The Morgan fingerprint density at radius 3 is 2.90 bits per heavy atom. The van der Waals surface area contributed by atoms with Crippen LogP contribution in [0.5, 0.6) is 0 Å². The second-order valence-corrected chi connectivity index (χ2v) is 7.81. The highest BCUT2D eigenvalue weighted by Crippen LogP contribution is 2.38. The third-order valence-corrected chi connectivity index (χ3v) is 5.70. The van der Waals surface area contributed by atoms with Crippen LogP contribution in [0.15, 0.2) is 39.7 Å². The molecule has 0 unspecified atom stereocenters. The number of aromatic nitrogens is 3. The van der Waals surface area contributed by atoms with E-state index >= 15 is 0 Å². The van der Waals surface area contributed by atoms with E-state index in [4.69, 9.17) is 15.4 Å². The van der Waals surface area contributed by atoms with Gasteiger partial charge in [-0.3, -0.25) is 9.36 Å². The van der Waals surface area contributed by atoms with Crippen LogP contribution in [-0.2, 0) is 11.8 Å². The first-order valence-electron chi connectivity index (χ1n) is 9.73. The zero-order valence-electron chi connectivity index (χ0n) is 16.8. The molecule has 0 saturated heterocycles. The van der Waals surface area contributed by atoms with Crippen LogP contribution in [0.4, 0.5) is 11.6 Å².